The molecule has 1 aromatic heterocycles. The van der Waals surface area contributed by atoms with Crippen molar-refractivity contribution in [2.75, 3.05) is 30.9 Å². The number of nitrogens with zero attached hydrogens (tertiary/aromatic N) is 2. The average Bonchev–Trinajstić information content (AvgIpc) is 2.35. The third-order valence-corrected chi connectivity index (χ3v) is 2.62. The summed E-state index contributed by atoms with van der Waals surface area (Å²) in [7, 11) is 1.70. The number of anilines is 2. The summed E-state index contributed by atoms with van der Waals surface area (Å²) in [6, 6.07) is 1.95. The molecule has 0 saturated heterocycles. The minimum Gasteiger partial charge on any atom is -0.382 e. The molecule has 5 nitrogen and oxygen atoms in total. The Balaban J connectivity index is 2.87. The highest BCUT2D eigenvalue weighted by Gasteiger charge is 2.18. The van der Waals surface area contributed by atoms with E-state index >= 15 is 0 Å². The van der Waals surface area contributed by atoms with Gasteiger partial charge in [0.25, 0.3) is 0 Å². The fraction of sp³-hybridized carbons (Fsp3) is 0.714. The Bertz CT molecular complexity index is 393. The van der Waals surface area contributed by atoms with Crippen LogP contribution in [0.5, 0.6) is 0 Å². The van der Waals surface area contributed by atoms with E-state index in [4.69, 9.17) is 4.74 Å². The molecule has 0 amide bonds. The molecule has 0 spiro atoms. The van der Waals surface area contributed by atoms with Crippen LogP contribution in [-0.2, 0) is 11.2 Å². The third kappa shape index (κ3) is 5.42. The minimum absolute atomic E-state index is 0.157. The van der Waals surface area contributed by atoms with Crippen molar-refractivity contribution in [3.05, 3.63) is 11.9 Å². The van der Waals surface area contributed by atoms with E-state index in [2.05, 4.69) is 48.3 Å². The van der Waals surface area contributed by atoms with E-state index in [-0.39, 0.29) is 5.54 Å². The summed E-state index contributed by atoms with van der Waals surface area (Å²) in [5.74, 6) is 2.56. The van der Waals surface area contributed by atoms with Gasteiger partial charge < -0.3 is 15.4 Å². The van der Waals surface area contributed by atoms with Crippen molar-refractivity contribution in [3.8, 4) is 0 Å². The van der Waals surface area contributed by atoms with Crippen LogP contribution < -0.4 is 10.6 Å². The molecule has 0 aliphatic rings. The number of hydrogen-bond acceptors (Lipinski definition) is 5. The SMILES string of the molecule is CCCNc1cc(NC(C)(C)COC)nc(CC)n1. The molecule has 5 heteroatoms. The highest BCUT2D eigenvalue weighted by Crippen LogP contribution is 2.17. The molecule has 1 rings (SSSR count). The fourth-order valence-corrected chi connectivity index (χ4v) is 1.81. The second-order valence-electron chi connectivity index (χ2n) is 5.28. The second kappa shape index (κ2) is 7.28. The Morgan fingerprint density at radius 1 is 1.21 bits per heavy atom. The van der Waals surface area contributed by atoms with Gasteiger partial charge >= 0.3 is 0 Å². The van der Waals surface area contributed by atoms with E-state index in [0.29, 0.717) is 6.61 Å². The lowest BCUT2D eigenvalue weighted by molar-refractivity contribution is 0.158. The Labute approximate surface area is 116 Å². The van der Waals surface area contributed by atoms with Crippen LogP contribution in [0.25, 0.3) is 0 Å². The first-order valence-corrected chi connectivity index (χ1v) is 6.89. The van der Waals surface area contributed by atoms with Gasteiger partial charge in [-0.2, -0.15) is 0 Å². The van der Waals surface area contributed by atoms with Gasteiger partial charge in [-0.1, -0.05) is 13.8 Å². The number of aromatic nitrogens is 2. The van der Waals surface area contributed by atoms with E-state index in [1.54, 1.807) is 7.11 Å². The van der Waals surface area contributed by atoms with E-state index < -0.39 is 0 Å². The molecule has 0 aliphatic carbocycles. The average molecular weight is 266 g/mol. The monoisotopic (exact) mass is 266 g/mol. The largest absolute Gasteiger partial charge is 0.382 e. The van der Waals surface area contributed by atoms with E-state index in [0.717, 1.165) is 36.8 Å². The maximum absolute atomic E-state index is 5.21. The highest BCUT2D eigenvalue weighted by atomic mass is 16.5. The number of nitrogens with one attached hydrogen (secondary N) is 2. The van der Waals surface area contributed by atoms with Gasteiger partial charge in [0.1, 0.15) is 17.5 Å². The normalized spacial score (nSPS) is 11.4. The van der Waals surface area contributed by atoms with E-state index in [1.807, 2.05) is 6.07 Å². The summed E-state index contributed by atoms with van der Waals surface area (Å²) in [6.07, 6.45) is 1.89. The van der Waals surface area contributed by atoms with Gasteiger partial charge in [0.2, 0.25) is 0 Å². The summed E-state index contributed by atoms with van der Waals surface area (Å²) in [5.41, 5.74) is -0.157. The molecule has 19 heavy (non-hydrogen) atoms. The predicted octanol–water partition coefficient (Wildman–Crippen LogP) is 2.70. The van der Waals surface area contributed by atoms with Gasteiger partial charge in [-0.25, -0.2) is 9.97 Å². The second-order valence-corrected chi connectivity index (χ2v) is 5.28. The topological polar surface area (TPSA) is 59.1 Å². The Morgan fingerprint density at radius 2 is 1.89 bits per heavy atom. The van der Waals surface area contributed by atoms with Crippen LogP contribution in [-0.4, -0.2) is 35.8 Å². The fourth-order valence-electron chi connectivity index (χ4n) is 1.81. The molecule has 0 fully saturated rings. The molecule has 0 aromatic carbocycles. The van der Waals surface area contributed by atoms with Crippen LogP contribution in [0, 0.1) is 0 Å². The van der Waals surface area contributed by atoms with Crippen molar-refractivity contribution in [2.45, 2.75) is 46.1 Å². The van der Waals surface area contributed by atoms with Gasteiger partial charge in [-0.15, -0.1) is 0 Å². The maximum Gasteiger partial charge on any atom is 0.132 e. The molecule has 0 saturated carbocycles. The van der Waals surface area contributed by atoms with E-state index in [1.165, 1.54) is 0 Å². The van der Waals surface area contributed by atoms with Crippen molar-refractivity contribution in [1.82, 2.24) is 9.97 Å². The number of rotatable bonds is 8. The summed E-state index contributed by atoms with van der Waals surface area (Å²) in [4.78, 5) is 8.98. The van der Waals surface area contributed by atoms with Crippen LogP contribution in [0.1, 0.15) is 39.9 Å². The van der Waals surface area contributed by atoms with E-state index in [9.17, 15) is 0 Å². The Morgan fingerprint density at radius 3 is 2.47 bits per heavy atom. The molecule has 0 atom stereocenters. The first kappa shape index (κ1) is 15.7. The van der Waals surface area contributed by atoms with Crippen molar-refractivity contribution in [2.24, 2.45) is 0 Å². The summed E-state index contributed by atoms with van der Waals surface area (Å²) in [5, 5.41) is 6.70. The predicted molar refractivity (Wildman–Crippen MR) is 79.8 cm³/mol. The molecule has 108 valence electrons. The van der Waals surface area contributed by atoms with Crippen LogP contribution >= 0.6 is 0 Å². The third-order valence-electron chi connectivity index (χ3n) is 2.62. The van der Waals surface area contributed by atoms with Crippen LogP contribution in [0.2, 0.25) is 0 Å². The van der Waals surface area contributed by atoms with Crippen LogP contribution in [0.3, 0.4) is 0 Å². The minimum atomic E-state index is -0.157. The van der Waals surface area contributed by atoms with Crippen molar-refractivity contribution >= 4 is 11.6 Å². The van der Waals surface area contributed by atoms with Gasteiger partial charge in [0, 0.05) is 26.1 Å². The lowest BCUT2D eigenvalue weighted by atomic mass is 10.1. The number of ether oxygens (including phenoxy) is 1. The van der Waals surface area contributed by atoms with Gasteiger partial charge in [0.05, 0.1) is 12.1 Å². The zero-order valence-corrected chi connectivity index (χ0v) is 12.7. The van der Waals surface area contributed by atoms with Gasteiger partial charge in [-0.3, -0.25) is 0 Å². The summed E-state index contributed by atoms with van der Waals surface area (Å²) >= 11 is 0. The van der Waals surface area contributed by atoms with Crippen LogP contribution in [0.4, 0.5) is 11.6 Å². The molecular weight excluding hydrogens is 240 g/mol. The standard InChI is InChI=1S/C14H26N4O/c1-6-8-15-12-9-13(17-11(7-2)16-12)18-14(3,4)10-19-5/h9H,6-8,10H2,1-5H3,(H2,15,16,17,18). The Hall–Kier alpha value is -1.36. The first-order valence-electron chi connectivity index (χ1n) is 6.89. The molecule has 0 bridgehead atoms. The molecule has 0 radical (unpaired) electrons. The lowest BCUT2D eigenvalue weighted by Crippen LogP contribution is -2.36. The van der Waals surface area contributed by atoms with Crippen molar-refractivity contribution < 1.29 is 4.74 Å². The highest BCUT2D eigenvalue weighted by molar-refractivity contribution is 5.48. The summed E-state index contributed by atoms with van der Waals surface area (Å²) in [6.45, 7) is 9.91. The summed E-state index contributed by atoms with van der Waals surface area (Å²) < 4.78 is 5.21. The quantitative estimate of drug-likeness (QED) is 0.757. The van der Waals surface area contributed by atoms with Crippen molar-refractivity contribution in [1.29, 1.82) is 0 Å². The molecular formula is C14H26N4O. The van der Waals surface area contributed by atoms with Crippen molar-refractivity contribution in [3.63, 3.8) is 0 Å². The lowest BCUT2D eigenvalue weighted by Gasteiger charge is -2.26. The number of aryl methyl sites for hydroxylation is 1. The zero-order valence-electron chi connectivity index (χ0n) is 12.7. The molecule has 1 aromatic rings. The molecule has 0 unspecified atom stereocenters. The zero-order chi connectivity index (χ0) is 14.3. The van der Waals surface area contributed by atoms with Crippen LogP contribution in [0.15, 0.2) is 6.07 Å². The number of methoxy groups -OCH3 is 1. The van der Waals surface area contributed by atoms with Gasteiger partial charge in [-0.05, 0) is 20.3 Å². The van der Waals surface area contributed by atoms with Gasteiger partial charge in [0.15, 0.2) is 0 Å². The molecule has 0 aliphatic heterocycles. The molecule has 1 heterocycles. The Kier molecular flexibility index (Phi) is 6.02. The maximum atomic E-state index is 5.21. The smallest absolute Gasteiger partial charge is 0.132 e. The first-order chi connectivity index (χ1) is 9.00. The molecule has 2 N–H and O–H groups in total. The number of hydrogen-bond donors (Lipinski definition) is 2.